The summed E-state index contributed by atoms with van der Waals surface area (Å²) in [5.41, 5.74) is 10.2. The third-order valence-electron chi connectivity index (χ3n) is 9.91. The fourth-order valence-corrected chi connectivity index (χ4v) is 6.91. The number of para-hydroxylation sites is 1. The number of pyridine rings is 1. The Balaban J connectivity index is 1.43. The molecule has 5 rings (SSSR count). The number of fused-ring (bicyclic) bond motifs is 1. The first-order chi connectivity index (χ1) is 23.6. The lowest BCUT2D eigenvalue weighted by Crippen LogP contribution is -2.21. The Morgan fingerprint density at radius 1 is 0.939 bits per heavy atom. The lowest BCUT2D eigenvalue weighted by atomic mass is 9.70. The maximum atomic E-state index is 14.3. The van der Waals surface area contributed by atoms with Crippen LogP contribution in [0.4, 0.5) is 4.39 Å². The Kier molecular flexibility index (Phi) is 12.0. The lowest BCUT2D eigenvalue weighted by molar-refractivity contribution is -0.109. The van der Waals surface area contributed by atoms with Crippen molar-refractivity contribution in [2.24, 2.45) is 11.8 Å². The highest BCUT2D eigenvalue weighted by molar-refractivity contribution is 6.29. The van der Waals surface area contributed by atoms with Gasteiger partial charge in [0.1, 0.15) is 5.75 Å². The van der Waals surface area contributed by atoms with Crippen molar-refractivity contribution in [1.29, 1.82) is 0 Å². The molecule has 0 spiro atoms. The molecule has 256 valence electrons. The number of carbonyl (C=O) groups is 1. The van der Waals surface area contributed by atoms with Crippen LogP contribution in [-0.4, -0.2) is 24.0 Å². The maximum Gasteiger partial charge on any atom is 0.186 e. The van der Waals surface area contributed by atoms with Crippen LogP contribution >= 0.6 is 0 Å². The molecule has 1 aromatic heterocycles. The Bertz CT molecular complexity index is 1850. The average molecular weight is 660 g/mol. The van der Waals surface area contributed by atoms with Crippen molar-refractivity contribution in [3.63, 3.8) is 0 Å². The highest BCUT2D eigenvalue weighted by Gasteiger charge is 2.32. The molecule has 3 aromatic carbocycles. The molecule has 0 amide bonds. The molecule has 0 N–H and O–H groups in total. The van der Waals surface area contributed by atoms with Gasteiger partial charge in [-0.25, -0.2) is 4.39 Å². The van der Waals surface area contributed by atoms with Crippen molar-refractivity contribution in [3.8, 4) is 22.6 Å². The van der Waals surface area contributed by atoms with E-state index in [1.165, 1.54) is 22.8 Å². The van der Waals surface area contributed by atoms with Gasteiger partial charge in [-0.1, -0.05) is 70.5 Å². The molecule has 0 radical (unpaired) electrons. The average Bonchev–Trinajstić information content (AvgIpc) is 3.09. The summed E-state index contributed by atoms with van der Waals surface area (Å²) in [4.78, 5) is 18.9. The SMILES string of the molecule is CCCOCCC(C)Cc1cncc(-c2ccc3c(c2)C(C(=O)C=C(C)c2ccc(Oc4ccccc4F)c(C)c2)=C(CC)C(C)C3C)c1. The van der Waals surface area contributed by atoms with Gasteiger partial charge in [0.2, 0.25) is 0 Å². The van der Waals surface area contributed by atoms with Crippen molar-refractivity contribution < 1.29 is 18.7 Å². The summed E-state index contributed by atoms with van der Waals surface area (Å²) < 4.78 is 25.8. The van der Waals surface area contributed by atoms with Crippen LogP contribution in [0.15, 0.2) is 90.8 Å². The van der Waals surface area contributed by atoms with Gasteiger partial charge in [-0.3, -0.25) is 9.78 Å². The minimum atomic E-state index is -0.408. The van der Waals surface area contributed by atoms with Crippen LogP contribution in [0.3, 0.4) is 0 Å². The molecule has 1 aliphatic carbocycles. The number of ketones is 1. The molecule has 3 unspecified atom stereocenters. The second-order valence-corrected chi connectivity index (χ2v) is 13.6. The molecule has 4 nitrogen and oxygen atoms in total. The molecule has 0 fully saturated rings. The number of allylic oxidation sites excluding steroid dienone is 4. The van der Waals surface area contributed by atoms with Gasteiger partial charge in [0.25, 0.3) is 0 Å². The molecule has 0 saturated carbocycles. The summed E-state index contributed by atoms with van der Waals surface area (Å²) in [6.07, 6.45) is 9.47. The Morgan fingerprint density at radius 2 is 1.73 bits per heavy atom. The zero-order chi connectivity index (χ0) is 35.1. The van der Waals surface area contributed by atoms with Gasteiger partial charge in [-0.15, -0.1) is 0 Å². The van der Waals surface area contributed by atoms with Crippen LogP contribution in [-0.2, 0) is 16.0 Å². The second-order valence-electron chi connectivity index (χ2n) is 13.6. The third-order valence-corrected chi connectivity index (χ3v) is 9.91. The van der Waals surface area contributed by atoms with Gasteiger partial charge in [-0.2, -0.15) is 0 Å². The summed E-state index contributed by atoms with van der Waals surface area (Å²) in [5, 5.41) is 0. The fraction of sp³-hybridized carbons (Fsp3) is 0.364. The van der Waals surface area contributed by atoms with Crippen LogP contribution in [0.2, 0.25) is 0 Å². The van der Waals surface area contributed by atoms with Crippen LogP contribution in [0.1, 0.15) is 94.5 Å². The first kappa shape index (κ1) is 35.9. The number of benzene rings is 3. The van der Waals surface area contributed by atoms with E-state index in [4.69, 9.17) is 9.47 Å². The molecule has 1 heterocycles. The number of halogens is 1. The van der Waals surface area contributed by atoms with Gasteiger partial charge in [-0.05, 0) is 139 Å². The van der Waals surface area contributed by atoms with Gasteiger partial charge < -0.3 is 9.47 Å². The number of aryl methyl sites for hydroxylation is 1. The molecule has 4 aromatic rings. The largest absolute Gasteiger partial charge is 0.454 e. The van der Waals surface area contributed by atoms with Crippen molar-refractivity contribution in [2.45, 2.75) is 80.1 Å². The van der Waals surface area contributed by atoms with E-state index in [0.717, 1.165) is 77.9 Å². The van der Waals surface area contributed by atoms with E-state index in [0.29, 0.717) is 17.6 Å². The van der Waals surface area contributed by atoms with E-state index in [9.17, 15) is 9.18 Å². The molecular formula is C44H50FNO3. The predicted octanol–water partition coefficient (Wildman–Crippen LogP) is 11.6. The van der Waals surface area contributed by atoms with E-state index < -0.39 is 5.82 Å². The molecule has 1 aliphatic rings. The van der Waals surface area contributed by atoms with Crippen LogP contribution in [0, 0.1) is 24.6 Å². The first-order valence-electron chi connectivity index (χ1n) is 17.8. The quantitative estimate of drug-likeness (QED) is 0.0998. The highest BCUT2D eigenvalue weighted by Crippen LogP contribution is 2.45. The maximum absolute atomic E-state index is 14.3. The van der Waals surface area contributed by atoms with E-state index >= 15 is 0 Å². The lowest BCUT2D eigenvalue weighted by Gasteiger charge is -2.33. The second kappa shape index (κ2) is 16.4. The first-order valence-corrected chi connectivity index (χ1v) is 17.8. The van der Waals surface area contributed by atoms with E-state index in [1.807, 2.05) is 44.4 Å². The number of hydrogen-bond acceptors (Lipinski definition) is 4. The van der Waals surface area contributed by atoms with Crippen molar-refractivity contribution in [3.05, 3.63) is 124 Å². The molecule has 0 bridgehead atoms. The Morgan fingerprint density at radius 3 is 2.47 bits per heavy atom. The molecule has 3 atom stereocenters. The predicted molar refractivity (Wildman–Crippen MR) is 199 cm³/mol. The standard InChI is InChI=1S/C44H50FNO3/c1-8-19-48-20-18-28(3)21-33-24-36(27-46-26-33)35-14-16-38-32(7)31(6)37(9-2)44(39(38)25-35)41(47)23-29(4)34-15-17-42(30(5)22-34)49-43-13-11-10-12-40(43)45/h10-17,22-28,31-32H,8-9,18-21H2,1-7H3. The number of carbonyl (C=O) groups excluding carboxylic acids is 1. The summed E-state index contributed by atoms with van der Waals surface area (Å²) in [5.74, 6) is 1.41. The number of nitrogens with zero attached hydrogens (tertiary/aromatic N) is 1. The smallest absolute Gasteiger partial charge is 0.186 e. The third kappa shape index (κ3) is 8.45. The Labute approximate surface area is 292 Å². The van der Waals surface area contributed by atoms with Crippen LogP contribution < -0.4 is 4.74 Å². The number of rotatable bonds is 14. The monoisotopic (exact) mass is 659 g/mol. The molecule has 5 heteroatoms. The molecular weight excluding hydrogens is 609 g/mol. The highest BCUT2D eigenvalue weighted by atomic mass is 19.1. The summed E-state index contributed by atoms with van der Waals surface area (Å²) in [6.45, 7) is 16.6. The minimum absolute atomic E-state index is 0.0156. The normalized spacial score (nSPS) is 16.8. The molecule has 49 heavy (non-hydrogen) atoms. The minimum Gasteiger partial charge on any atom is -0.454 e. The zero-order valence-electron chi connectivity index (χ0n) is 30.1. The van der Waals surface area contributed by atoms with Gasteiger partial charge in [0, 0.05) is 36.7 Å². The number of aromatic nitrogens is 1. The van der Waals surface area contributed by atoms with E-state index in [-0.39, 0.29) is 17.5 Å². The van der Waals surface area contributed by atoms with Gasteiger partial charge in [0.15, 0.2) is 17.3 Å². The summed E-state index contributed by atoms with van der Waals surface area (Å²) in [7, 11) is 0. The van der Waals surface area contributed by atoms with E-state index in [2.05, 4.69) is 63.9 Å². The fourth-order valence-electron chi connectivity index (χ4n) is 6.91. The van der Waals surface area contributed by atoms with Crippen molar-refractivity contribution in [2.75, 3.05) is 13.2 Å². The zero-order valence-corrected chi connectivity index (χ0v) is 30.1. The van der Waals surface area contributed by atoms with Crippen LogP contribution in [0.25, 0.3) is 22.3 Å². The Hall–Kier alpha value is -4.35. The van der Waals surface area contributed by atoms with Crippen molar-refractivity contribution in [1.82, 2.24) is 4.98 Å². The van der Waals surface area contributed by atoms with Crippen LogP contribution in [0.5, 0.6) is 11.5 Å². The van der Waals surface area contributed by atoms with Gasteiger partial charge in [0.05, 0.1) is 0 Å². The molecule has 0 aliphatic heterocycles. The van der Waals surface area contributed by atoms with Gasteiger partial charge >= 0.3 is 0 Å². The van der Waals surface area contributed by atoms with E-state index in [1.54, 1.807) is 24.3 Å². The topological polar surface area (TPSA) is 48.4 Å². The number of ether oxygens (including phenoxy) is 2. The number of hydrogen-bond donors (Lipinski definition) is 0. The van der Waals surface area contributed by atoms with Crippen molar-refractivity contribution >= 4 is 16.9 Å². The molecule has 0 saturated heterocycles. The summed E-state index contributed by atoms with van der Waals surface area (Å²) in [6, 6.07) is 21.0. The summed E-state index contributed by atoms with van der Waals surface area (Å²) >= 11 is 0.